The molecule has 0 amide bonds. The summed E-state index contributed by atoms with van der Waals surface area (Å²) in [7, 11) is 1.65. The zero-order valence-corrected chi connectivity index (χ0v) is 12.5. The molecule has 1 N–H and O–H groups in total. The molecule has 0 aromatic heterocycles. The van der Waals surface area contributed by atoms with Crippen molar-refractivity contribution in [1.29, 1.82) is 5.26 Å². The van der Waals surface area contributed by atoms with Crippen molar-refractivity contribution < 1.29 is 9.50 Å². The molecule has 1 atom stereocenters. The predicted molar refractivity (Wildman–Crippen MR) is 81.3 cm³/mol. The number of nitrogens with zero attached hydrogens (tertiary/aromatic N) is 2. The van der Waals surface area contributed by atoms with Crippen molar-refractivity contribution >= 4 is 28.9 Å². The fourth-order valence-corrected chi connectivity index (χ4v) is 2.32. The summed E-state index contributed by atoms with van der Waals surface area (Å²) in [5.41, 5.74) is 0.917. The summed E-state index contributed by atoms with van der Waals surface area (Å²) in [5, 5.41) is 19.7. The largest absolute Gasteiger partial charge is 0.508 e. The Labute approximate surface area is 131 Å². The lowest BCUT2D eigenvalue weighted by atomic mass is 10.0. The normalized spacial score (nSPS) is 11.8. The number of aromatic hydroxyl groups is 1. The van der Waals surface area contributed by atoms with Gasteiger partial charge >= 0.3 is 0 Å². The Bertz CT molecular complexity index is 715. The van der Waals surface area contributed by atoms with E-state index < -0.39 is 11.9 Å². The fraction of sp³-hybridized carbons (Fsp3) is 0.133. The highest BCUT2D eigenvalue weighted by Gasteiger charge is 2.21. The number of nitriles is 1. The highest BCUT2D eigenvalue weighted by Crippen LogP contribution is 2.33. The molecule has 108 valence electrons. The topological polar surface area (TPSA) is 47.3 Å². The molecule has 0 radical (unpaired) electrons. The summed E-state index contributed by atoms with van der Waals surface area (Å²) in [6.45, 7) is 0. The zero-order valence-electron chi connectivity index (χ0n) is 11.0. The summed E-state index contributed by atoms with van der Waals surface area (Å²) in [4.78, 5) is 1.58. The summed E-state index contributed by atoms with van der Waals surface area (Å²) in [6.07, 6.45) is 0. The van der Waals surface area contributed by atoms with Gasteiger partial charge in [-0.05, 0) is 36.4 Å². The summed E-state index contributed by atoms with van der Waals surface area (Å²) in [5.74, 6) is -0.570. The maximum Gasteiger partial charge on any atom is 0.146 e. The van der Waals surface area contributed by atoms with Gasteiger partial charge in [-0.1, -0.05) is 23.2 Å². The van der Waals surface area contributed by atoms with Crippen molar-refractivity contribution in [2.75, 3.05) is 11.9 Å². The first-order chi connectivity index (χ1) is 9.93. The van der Waals surface area contributed by atoms with Crippen LogP contribution in [0.1, 0.15) is 11.6 Å². The van der Waals surface area contributed by atoms with Crippen LogP contribution < -0.4 is 4.90 Å². The van der Waals surface area contributed by atoms with E-state index in [1.807, 2.05) is 0 Å². The number of anilines is 1. The molecule has 3 nitrogen and oxygen atoms in total. The second-order valence-electron chi connectivity index (χ2n) is 4.44. The van der Waals surface area contributed by atoms with Gasteiger partial charge in [-0.15, -0.1) is 0 Å². The minimum absolute atomic E-state index is 0.0358. The molecule has 2 aromatic rings. The molecule has 21 heavy (non-hydrogen) atoms. The van der Waals surface area contributed by atoms with Crippen LogP contribution in [0.5, 0.6) is 5.75 Å². The SMILES string of the molecule is CN(c1ccc(F)c(Cl)c1)C(C#N)c1cc(Cl)ccc1O. The maximum absolute atomic E-state index is 13.2. The van der Waals surface area contributed by atoms with E-state index in [4.69, 9.17) is 23.2 Å². The van der Waals surface area contributed by atoms with Crippen molar-refractivity contribution in [3.05, 3.63) is 57.8 Å². The van der Waals surface area contributed by atoms with Gasteiger partial charge in [0.05, 0.1) is 11.1 Å². The van der Waals surface area contributed by atoms with Crippen LogP contribution in [0.2, 0.25) is 10.0 Å². The molecule has 1 unspecified atom stereocenters. The first-order valence-corrected chi connectivity index (χ1v) is 6.75. The summed E-state index contributed by atoms with van der Waals surface area (Å²) in [6, 6.07) is 9.93. The van der Waals surface area contributed by atoms with E-state index >= 15 is 0 Å². The van der Waals surface area contributed by atoms with Gasteiger partial charge in [0.1, 0.15) is 17.6 Å². The zero-order chi connectivity index (χ0) is 15.6. The average molecular weight is 325 g/mol. The molecular weight excluding hydrogens is 314 g/mol. The lowest BCUT2D eigenvalue weighted by Gasteiger charge is -2.26. The van der Waals surface area contributed by atoms with Gasteiger partial charge in [-0.2, -0.15) is 5.26 Å². The van der Waals surface area contributed by atoms with Gasteiger partial charge in [0.2, 0.25) is 0 Å². The van der Waals surface area contributed by atoms with Crippen molar-refractivity contribution in [2.24, 2.45) is 0 Å². The number of hydrogen-bond acceptors (Lipinski definition) is 3. The van der Waals surface area contributed by atoms with Crippen LogP contribution in [-0.2, 0) is 0 Å². The number of rotatable bonds is 3. The van der Waals surface area contributed by atoms with Crippen LogP contribution in [-0.4, -0.2) is 12.2 Å². The minimum Gasteiger partial charge on any atom is -0.508 e. The van der Waals surface area contributed by atoms with Crippen molar-refractivity contribution in [3.8, 4) is 11.8 Å². The quantitative estimate of drug-likeness (QED) is 0.901. The number of hydrogen-bond donors (Lipinski definition) is 1. The molecule has 2 aromatic carbocycles. The highest BCUT2D eigenvalue weighted by atomic mass is 35.5. The number of phenols is 1. The van der Waals surface area contributed by atoms with Crippen LogP contribution in [0.4, 0.5) is 10.1 Å². The minimum atomic E-state index is -0.787. The van der Waals surface area contributed by atoms with Gasteiger partial charge in [0.15, 0.2) is 0 Å². The van der Waals surface area contributed by atoms with Crippen LogP contribution in [0.15, 0.2) is 36.4 Å². The van der Waals surface area contributed by atoms with Crippen LogP contribution in [0, 0.1) is 17.1 Å². The third-order valence-electron chi connectivity index (χ3n) is 3.10. The van der Waals surface area contributed by atoms with E-state index in [9.17, 15) is 14.8 Å². The molecule has 0 bridgehead atoms. The molecule has 0 heterocycles. The first kappa shape index (κ1) is 15.4. The third-order valence-corrected chi connectivity index (χ3v) is 3.63. The van der Waals surface area contributed by atoms with Gasteiger partial charge in [-0.25, -0.2) is 4.39 Å². The van der Waals surface area contributed by atoms with Crippen molar-refractivity contribution in [3.63, 3.8) is 0 Å². The van der Waals surface area contributed by atoms with E-state index in [0.29, 0.717) is 16.3 Å². The number of halogens is 3. The Morgan fingerprint density at radius 1 is 1.24 bits per heavy atom. The molecule has 0 spiro atoms. The first-order valence-electron chi connectivity index (χ1n) is 6.00. The van der Waals surface area contributed by atoms with Gasteiger partial charge < -0.3 is 10.0 Å². The monoisotopic (exact) mass is 324 g/mol. The molecule has 0 saturated carbocycles. The smallest absolute Gasteiger partial charge is 0.146 e. The van der Waals surface area contributed by atoms with Crippen molar-refractivity contribution in [2.45, 2.75) is 6.04 Å². The van der Waals surface area contributed by atoms with Gasteiger partial charge in [0.25, 0.3) is 0 Å². The Hall–Kier alpha value is -1.96. The highest BCUT2D eigenvalue weighted by molar-refractivity contribution is 6.31. The van der Waals surface area contributed by atoms with E-state index in [0.717, 1.165) is 0 Å². The lowest BCUT2D eigenvalue weighted by molar-refractivity contribution is 0.465. The van der Waals surface area contributed by atoms with E-state index in [-0.39, 0.29) is 10.8 Å². The second-order valence-corrected chi connectivity index (χ2v) is 5.29. The van der Waals surface area contributed by atoms with Crippen molar-refractivity contribution in [1.82, 2.24) is 0 Å². The molecular formula is C15H11Cl2FN2O. The Kier molecular flexibility index (Phi) is 4.56. The molecule has 0 aliphatic heterocycles. The Balaban J connectivity index is 2.43. The fourth-order valence-electron chi connectivity index (χ4n) is 1.96. The lowest BCUT2D eigenvalue weighted by Crippen LogP contribution is -2.23. The molecule has 0 fully saturated rings. The van der Waals surface area contributed by atoms with Crippen LogP contribution in [0.25, 0.3) is 0 Å². The van der Waals surface area contributed by atoms with Gasteiger partial charge in [-0.3, -0.25) is 0 Å². The summed E-state index contributed by atoms with van der Waals surface area (Å²) < 4.78 is 13.2. The number of phenolic OH excluding ortho intramolecular Hbond substituents is 1. The maximum atomic E-state index is 13.2. The van der Waals surface area contributed by atoms with Crippen LogP contribution >= 0.6 is 23.2 Å². The average Bonchev–Trinajstić information content (AvgIpc) is 2.46. The van der Waals surface area contributed by atoms with Crippen LogP contribution in [0.3, 0.4) is 0 Å². The second kappa shape index (κ2) is 6.21. The van der Waals surface area contributed by atoms with Gasteiger partial charge in [0, 0.05) is 23.3 Å². The molecule has 6 heteroatoms. The molecule has 0 saturated heterocycles. The van der Waals surface area contributed by atoms with E-state index in [1.54, 1.807) is 11.9 Å². The Morgan fingerprint density at radius 3 is 2.57 bits per heavy atom. The molecule has 0 aliphatic carbocycles. The number of benzene rings is 2. The third kappa shape index (κ3) is 3.21. The standard InChI is InChI=1S/C15H11Cl2FN2O/c1-20(10-3-4-13(18)12(17)7-10)14(8-19)11-6-9(16)2-5-15(11)21/h2-7,14,21H,1H3. The predicted octanol–water partition coefficient (Wildman–Crippen LogP) is 4.54. The Morgan fingerprint density at radius 2 is 1.95 bits per heavy atom. The van der Waals surface area contributed by atoms with E-state index in [2.05, 4.69) is 6.07 Å². The van der Waals surface area contributed by atoms with E-state index in [1.165, 1.54) is 36.4 Å². The molecule has 2 rings (SSSR count). The molecule has 0 aliphatic rings. The summed E-state index contributed by atoms with van der Waals surface area (Å²) >= 11 is 11.7.